The third kappa shape index (κ3) is 2.11. The summed E-state index contributed by atoms with van der Waals surface area (Å²) in [6.07, 6.45) is 0. The average Bonchev–Trinajstić information content (AvgIpc) is 1.94. The molecule has 0 radical (unpaired) electrons. The lowest BCUT2D eigenvalue weighted by molar-refractivity contribution is 1.12. The van der Waals surface area contributed by atoms with Crippen LogP contribution in [0.15, 0.2) is 22.7 Å². The molecule has 3 heteroatoms. The summed E-state index contributed by atoms with van der Waals surface area (Å²) in [6, 6.07) is 5.72. The van der Waals surface area contributed by atoms with Crippen molar-refractivity contribution >= 4 is 33.2 Å². The minimum atomic E-state index is 0.761. The third-order valence-corrected chi connectivity index (χ3v) is 2.30. The fraction of sp³-hybridized carbons (Fsp3) is 0.250. The van der Waals surface area contributed by atoms with E-state index in [1.54, 1.807) is 0 Å². The van der Waals surface area contributed by atoms with Gasteiger partial charge in [0.15, 0.2) is 0 Å². The Labute approximate surface area is 80.1 Å². The molecule has 0 aliphatic rings. The van der Waals surface area contributed by atoms with Crippen LogP contribution in [0.1, 0.15) is 0 Å². The van der Waals surface area contributed by atoms with Gasteiger partial charge in [-0.05, 0) is 34.1 Å². The highest BCUT2D eigenvalue weighted by Gasteiger charge is 2.01. The molecule has 0 N–H and O–H groups in total. The molecule has 0 bridgehead atoms. The maximum atomic E-state index is 5.81. The molecule has 0 heterocycles. The summed E-state index contributed by atoms with van der Waals surface area (Å²) < 4.78 is 1.06. The molecule has 11 heavy (non-hydrogen) atoms. The molecular formula is C8H9BrClN. The van der Waals surface area contributed by atoms with E-state index in [4.69, 9.17) is 11.6 Å². The molecule has 0 aliphatic carbocycles. The normalized spacial score (nSPS) is 9.82. The molecule has 0 saturated carbocycles. The SMILES string of the molecule is CN(C)c1cc(Cl)ccc1Br. The van der Waals surface area contributed by atoms with Crippen molar-refractivity contribution in [2.75, 3.05) is 19.0 Å². The topological polar surface area (TPSA) is 3.24 Å². The highest BCUT2D eigenvalue weighted by atomic mass is 79.9. The summed E-state index contributed by atoms with van der Waals surface area (Å²) in [5, 5.41) is 0.761. The molecule has 0 aromatic heterocycles. The van der Waals surface area contributed by atoms with Crippen molar-refractivity contribution in [2.45, 2.75) is 0 Å². The van der Waals surface area contributed by atoms with Gasteiger partial charge in [0.05, 0.1) is 5.69 Å². The van der Waals surface area contributed by atoms with Crippen molar-refractivity contribution in [3.05, 3.63) is 27.7 Å². The molecule has 1 rings (SSSR count). The maximum absolute atomic E-state index is 5.81. The zero-order valence-electron chi connectivity index (χ0n) is 6.44. The van der Waals surface area contributed by atoms with Crippen molar-refractivity contribution in [2.24, 2.45) is 0 Å². The van der Waals surface area contributed by atoms with Crippen molar-refractivity contribution < 1.29 is 0 Å². The van der Waals surface area contributed by atoms with Crippen LogP contribution in [0.5, 0.6) is 0 Å². The average molecular weight is 235 g/mol. The lowest BCUT2D eigenvalue weighted by Crippen LogP contribution is -2.08. The first-order valence-electron chi connectivity index (χ1n) is 3.23. The lowest BCUT2D eigenvalue weighted by Gasteiger charge is -2.14. The smallest absolute Gasteiger partial charge is 0.0520 e. The fourth-order valence-corrected chi connectivity index (χ4v) is 1.60. The second-order valence-electron chi connectivity index (χ2n) is 2.49. The summed E-state index contributed by atoms with van der Waals surface area (Å²) >= 11 is 9.24. The van der Waals surface area contributed by atoms with Crippen LogP contribution in [-0.4, -0.2) is 14.1 Å². The Kier molecular flexibility index (Phi) is 2.79. The van der Waals surface area contributed by atoms with E-state index in [1.165, 1.54) is 0 Å². The Hall–Kier alpha value is -0.210. The third-order valence-electron chi connectivity index (χ3n) is 1.39. The Bertz CT molecular complexity index is 260. The minimum absolute atomic E-state index is 0.761. The predicted octanol–water partition coefficient (Wildman–Crippen LogP) is 3.17. The molecule has 60 valence electrons. The van der Waals surface area contributed by atoms with Gasteiger partial charge in [-0.1, -0.05) is 11.6 Å². The summed E-state index contributed by atoms with van der Waals surface area (Å²) in [6.45, 7) is 0. The monoisotopic (exact) mass is 233 g/mol. The van der Waals surface area contributed by atoms with Crippen LogP contribution in [0.2, 0.25) is 5.02 Å². The number of hydrogen-bond acceptors (Lipinski definition) is 1. The van der Waals surface area contributed by atoms with Crippen LogP contribution in [0.25, 0.3) is 0 Å². The molecule has 1 aromatic rings. The van der Waals surface area contributed by atoms with Crippen LogP contribution < -0.4 is 4.90 Å². The summed E-state index contributed by atoms with van der Waals surface area (Å²) in [4.78, 5) is 2.01. The van der Waals surface area contributed by atoms with Gasteiger partial charge >= 0.3 is 0 Å². The van der Waals surface area contributed by atoms with Gasteiger partial charge in [-0.15, -0.1) is 0 Å². The number of halogens is 2. The van der Waals surface area contributed by atoms with Gasteiger partial charge in [-0.2, -0.15) is 0 Å². The number of nitrogens with zero attached hydrogens (tertiary/aromatic N) is 1. The van der Waals surface area contributed by atoms with E-state index in [-0.39, 0.29) is 0 Å². The van der Waals surface area contributed by atoms with Crippen molar-refractivity contribution in [3.63, 3.8) is 0 Å². The molecule has 0 atom stereocenters. The molecule has 0 aliphatic heterocycles. The number of anilines is 1. The predicted molar refractivity (Wildman–Crippen MR) is 53.5 cm³/mol. The van der Waals surface area contributed by atoms with E-state index < -0.39 is 0 Å². The first kappa shape index (κ1) is 8.88. The quantitative estimate of drug-likeness (QED) is 0.721. The van der Waals surface area contributed by atoms with Crippen LogP contribution in [0.3, 0.4) is 0 Å². The van der Waals surface area contributed by atoms with Gasteiger partial charge < -0.3 is 4.90 Å². The highest BCUT2D eigenvalue weighted by molar-refractivity contribution is 9.10. The summed E-state index contributed by atoms with van der Waals surface area (Å²) in [7, 11) is 3.97. The van der Waals surface area contributed by atoms with Gasteiger partial charge in [0, 0.05) is 23.6 Å². The number of benzene rings is 1. The molecule has 0 unspecified atom stereocenters. The van der Waals surface area contributed by atoms with E-state index in [1.807, 2.05) is 37.2 Å². The van der Waals surface area contributed by atoms with Gasteiger partial charge in [-0.25, -0.2) is 0 Å². The molecule has 0 saturated heterocycles. The van der Waals surface area contributed by atoms with Crippen molar-refractivity contribution in [1.82, 2.24) is 0 Å². The Balaban J connectivity index is 3.13. The van der Waals surface area contributed by atoms with Gasteiger partial charge in [0.2, 0.25) is 0 Å². The summed E-state index contributed by atoms with van der Waals surface area (Å²) in [5.41, 5.74) is 1.09. The highest BCUT2D eigenvalue weighted by Crippen LogP contribution is 2.27. The molecule has 0 fully saturated rings. The largest absolute Gasteiger partial charge is 0.377 e. The van der Waals surface area contributed by atoms with Crippen LogP contribution in [-0.2, 0) is 0 Å². The van der Waals surface area contributed by atoms with Crippen LogP contribution >= 0.6 is 27.5 Å². The molecular weight excluding hydrogens is 225 g/mol. The van der Waals surface area contributed by atoms with E-state index in [0.717, 1.165) is 15.2 Å². The zero-order chi connectivity index (χ0) is 8.43. The van der Waals surface area contributed by atoms with Gasteiger partial charge in [0.25, 0.3) is 0 Å². The maximum Gasteiger partial charge on any atom is 0.0520 e. The Morgan fingerprint density at radius 3 is 2.45 bits per heavy atom. The van der Waals surface area contributed by atoms with Gasteiger partial charge in [-0.3, -0.25) is 0 Å². The van der Waals surface area contributed by atoms with E-state index >= 15 is 0 Å². The second kappa shape index (κ2) is 3.46. The molecule has 0 spiro atoms. The number of hydrogen-bond donors (Lipinski definition) is 0. The zero-order valence-corrected chi connectivity index (χ0v) is 8.78. The van der Waals surface area contributed by atoms with E-state index in [2.05, 4.69) is 15.9 Å². The lowest BCUT2D eigenvalue weighted by atomic mass is 10.3. The van der Waals surface area contributed by atoms with E-state index in [9.17, 15) is 0 Å². The number of rotatable bonds is 1. The minimum Gasteiger partial charge on any atom is -0.377 e. The molecule has 1 nitrogen and oxygen atoms in total. The Morgan fingerprint density at radius 2 is 2.00 bits per heavy atom. The fourth-order valence-electron chi connectivity index (χ4n) is 0.829. The molecule has 0 amide bonds. The van der Waals surface area contributed by atoms with Crippen LogP contribution in [0, 0.1) is 0 Å². The van der Waals surface area contributed by atoms with Crippen molar-refractivity contribution in [3.8, 4) is 0 Å². The van der Waals surface area contributed by atoms with Crippen molar-refractivity contribution in [1.29, 1.82) is 0 Å². The first-order chi connectivity index (χ1) is 5.11. The second-order valence-corrected chi connectivity index (χ2v) is 3.78. The first-order valence-corrected chi connectivity index (χ1v) is 4.40. The standard InChI is InChI=1S/C8H9BrClN/c1-11(2)8-5-6(10)3-4-7(8)9/h3-5H,1-2H3. The van der Waals surface area contributed by atoms with E-state index in [0.29, 0.717) is 0 Å². The summed E-state index contributed by atoms with van der Waals surface area (Å²) in [5.74, 6) is 0. The molecule has 1 aromatic carbocycles. The van der Waals surface area contributed by atoms with Gasteiger partial charge in [0.1, 0.15) is 0 Å². The Morgan fingerprint density at radius 1 is 1.36 bits per heavy atom. The van der Waals surface area contributed by atoms with Crippen LogP contribution in [0.4, 0.5) is 5.69 Å².